The molecule has 0 heteroatoms. The Balaban J connectivity index is 2.45. The molecule has 0 atom stereocenters. The van der Waals surface area contributed by atoms with Crippen molar-refractivity contribution in [2.24, 2.45) is 0 Å². The first-order chi connectivity index (χ1) is 9.75. The van der Waals surface area contributed by atoms with E-state index in [-0.39, 0.29) is 0 Å². The van der Waals surface area contributed by atoms with Gasteiger partial charge in [0.1, 0.15) is 0 Å². The summed E-state index contributed by atoms with van der Waals surface area (Å²) in [4.78, 5) is 0. The van der Waals surface area contributed by atoms with Crippen LogP contribution < -0.4 is 0 Å². The first-order valence-corrected chi connectivity index (χ1v) is 7.06. The van der Waals surface area contributed by atoms with Crippen molar-refractivity contribution in [1.82, 2.24) is 0 Å². The summed E-state index contributed by atoms with van der Waals surface area (Å²) in [5.41, 5.74) is 2.66. The zero-order valence-electron chi connectivity index (χ0n) is 11.8. The number of aryl methyl sites for hydroxylation is 2. The predicted octanol–water partition coefficient (Wildman–Crippen LogP) is 5.76. The summed E-state index contributed by atoms with van der Waals surface area (Å²) < 4.78 is 0. The van der Waals surface area contributed by atoms with Crippen molar-refractivity contribution in [3.8, 4) is 0 Å². The van der Waals surface area contributed by atoms with E-state index in [9.17, 15) is 0 Å². The van der Waals surface area contributed by atoms with Crippen LogP contribution in [0.2, 0.25) is 0 Å². The second-order valence-corrected chi connectivity index (χ2v) is 5.59. The van der Waals surface area contributed by atoms with Gasteiger partial charge < -0.3 is 0 Å². The normalized spacial score (nSPS) is 11.5. The van der Waals surface area contributed by atoms with Gasteiger partial charge in [-0.2, -0.15) is 0 Å². The summed E-state index contributed by atoms with van der Waals surface area (Å²) in [6.45, 7) is 4.37. The fourth-order valence-electron chi connectivity index (χ4n) is 3.30. The van der Waals surface area contributed by atoms with Crippen molar-refractivity contribution in [2.45, 2.75) is 13.8 Å². The van der Waals surface area contributed by atoms with Gasteiger partial charge in [-0.05, 0) is 51.7 Å². The lowest BCUT2D eigenvalue weighted by molar-refractivity contribution is 1.51. The largest absolute Gasteiger partial charge is 0.0616 e. The number of hydrogen-bond acceptors (Lipinski definition) is 0. The molecule has 0 spiro atoms. The van der Waals surface area contributed by atoms with Crippen LogP contribution in [0.3, 0.4) is 0 Å². The first kappa shape index (κ1) is 11.5. The SMILES string of the molecule is Cc1ccc2c(c1)c1ccccc1c1cccc(C)c12. The second kappa shape index (κ2) is 4.08. The van der Waals surface area contributed by atoms with E-state index in [1.54, 1.807) is 0 Å². The molecular weight excluding hydrogens is 240 g/mol. The molecule has 0 nitrogen and oxygen atoms in total. The summed E-state index contributed by atoms with van der Waals surface area (Å²) in [6.07, 6.45) is 0. The van der Waals surface area contributed by atoms with Crippen molar-refractivity contribution in [2.75, 3.05) is 0 Å². The lowest BCUT2D eigenvalue weighted by Gasteiger charge is -2.12. The fourth-order valence-corrected chi connectivity index (χ4v) is 3.30. The smallest absolute Gasteiger partial charge is 0.00697 e. The molecule has 0 unspecified atom stereocenters. The zero-order chi connectivity index (χ0) is 13.7. The Hall–Kier alpha value is -2.34. The number of hydrogen-bond donors (Lipinski definition) is 0. The first-order valence-electron chi connectivity index (χ1n) is 7.06. The molecule has 0 aliphatic heterocycles. The summed E-state index contributed by atoms with van der Waals surface area (Å²) in [6, 6.07) is 22.1. The van der Waals surface area contributed by atoms with Gasteiger partial charge in [0.05, 0.1) is 0 Å². The molecule has 96 valence electrons. The van der Waals surface area contributed by atoms with E-state index in [4.69, 9.17) is 0 Å². The van der Waals surface area contributed by atoms with E-state index in [1.165, 1.54) is 43.4 Å². The van der Waals surface area contributed by atoms with Gasteiger partial charge in [0.15, 0.2) is 0 Å². The number of rotatable bonds is 0. The highest BCUT2D eigenvalue weighted by Gasteiger charge is 2.09. The third-order valence-electron chi connectivity index (χ3n) is 4.22. The molecule has 0 aliphatic carbocycles. The van der Waals surface area contributed by atoms with Crippen LogP contribution in [-0.2, 0) is 0 Å². The lowest BCUT2D eigenvalue weighted by Crippen LogP contribution is -1.86. The molecule has 0 saturated heterocycles. The summed E-state index contributed by atoms with van der Waals surface area (Å²) in [5.74, 6) is 0. The summed E-state index contributed by atoms with van der Waals surface area (Å²) in [5, 5.41) is 8.18. The van der Waals surface area contributed by atoms with E-state index in [0.29, 0.717) is 0 Å². The highest BCUT2D eigenvalue weighted by molar-refractivity contribution is 6.26. The number of fused-ring (bicyclic) bond motifs is 6. The molecule has 0 N–H and O–H groups in total. The highest BCUT2D eigenvalue weighted by Crippen LogP contribution is 2.36. The molecule has 0 bridgehead atoms. The van der Waals surface area contributed by atoms with Crippen LogP contribution in [0, 0.1) is 13.8 Å². The minimum atomic E-state index is 1.32. The average molecular weight is 256 g/mol. The van der Waals surface area contributed by atoms with Crippen molar-refractivity contribution < 1.29 is 0 Å². The quantitative estimate of drug-likeness (QED) is 0.351. The number of benzene rings is 4. The molecule has 4 rings (SSSR count). The Kier molecular flexibility index (Phi) is 2.34. The maximum atomic E-state index is 2.31. The van der Waals surface area contributed by atoms with Crippen molar-refractivity contribution in [3.63, 3.8) is 0 Å². The van der Waals surface area contributed by atoms with Gasteiger partial charge in [0, 0.05) is 0 Å². The van der Waals surface area contributed by atoms with Gasteiger partial charge in [-0.25, -0.2) is 0 Å². The fraction of sp³-hybridized carbons (Fsp3) is 0.100. The van der Waals surface area contributed by atoms with Gasteiger partial charge in [-0.1, -0.05) is 66.2 Å². The van der Waals surface area contributed by atoms with Crippen LogP contribution in [0.15, 0.2) is 60.7 Å². The Bertz CT molecular complexity index is 947. The van der Waals surface area contributed by atoms with Gasteiger partial charge in [0.25, 0.3) is 0 Å². The molecule has 0 aromatic heterocycles. The Morgan fingerprint density at radius 3 is 2.00 bits per heavy atom. The molecule has 0 radical (unpaired) electrons. The molecule has 20 heavy (non-hydrogen) atoms. The van der Waals surface area contributed by atoms with Crippen LogP contribution >= 0.6 is 0 Å². The Morgan fingerprint density at radius 1 is 0.550 bits per heavy atom. The molecular formula is C20H16. The Labute approximate surface area is 118 Å². The van der Waals surface area contributed by atoms with Crippen molar-refractivity contribution >= 4 is 32.3 Å². The minimum Gasteiger partial charge on any atom is -0.0616 e. The summed E-state index contributed by atoms with van der Waals surface area (Å²) >= 11 is 0. The lowest BCUT2D eigenvalue weighted by atomic mass is 9.91. The van der Waals surface area contributed by atoms with Gasteiger partial charge in [-0.3, -0.25) is 0 Å². The minimum absolute atomic E-state index is 1.32. The third kappa shape index (κ3) is 1.48. The van der Waals surface area contributed by atoms with Crippen LogP contribution in [-0.4, -0.2) is 0 Å². The Morgan fingerprint density at radius 2 is 1.20 bits per heavy atom. The van der Waals surface area contributed by atoms with E-state index in [2.05, 4.69) is 74.5 Å². The molecule has 0 amide bonds. The topological polar surface area (TPSA) is 0 Å². The van der Waals surface area contributed by atoms with E-state index >= 15 is 0 Å². The van der Waals surface area contributed by atoms with E-state index in [1.807, 2.05) is 0 Å². The average Bonchev–Trinajstić information content (AvgIpc) is 2.47. The monoisotopic (exact) mass is 256 g/mol. The van der Waals surface area contributed by atoms with E-state index < -0.39 is 0 Å². The molecule has 4 aromatic carbocycles. The zero-order valence-corrected chi connectivity index (χ0v) is 11.8. The molecule has 0 saturated carbocycles. The van der Waals surface area contributed by atoms with E-state index in [0.717, 1.165) is 0 Å². The molecule has 0 aliphatic rings. The van der Waals surface area contributed by atoms with Crippen LogP contribution in [0.1, 0.15) is 11.1 Å². The second-order valence-electron chi connectivity index (χ2n) is 5.59. The standard InChI is InChI=1S/C20H16/c1-13-10-11-18-19(12-13)16-8-4-3-7-15(16)17-9-5-6-14(2)20(17)18/h3-12H,1-2H3. The van der Waals surface area contributed by atoms with Crippen LogP contribution in [0.5, 0.6) is 0 Å². The van der Waals surface area contributed by atoms with Gasteiger partial charge >= 0.3 is 0 Å². The summed E-state index contributed by atoms with van der Waals surface area (Å²) in [7, 11) is 0. The molecule has 0 fully saturated rings. The predicted molar refractivity (Wildman–Crippen MR) is 88.4 cm³/mol. The van der Waals surface area contributed by atoms with Crippen LogP contribution in [0.25, 0.3) is 32.3 Å². The maximum absolute atomic E-state index is 2.31. The van der Waals surface area contributed by atoms with Gasteiger partial charge in [0.2, 0.25) is 0 Å². The van der Waals surface area contributed by atoms with Crippen molar-refractivity contribution in [1.29, 1.82) is 0 Å². The third-order valence-corrected chi connectivity index (χ3v) is 4.22. The van der Waals surface area contributed by atoms with Gasteiger partial charge in [-0.15, -0.1) is 0 Å². The maximum Gasteiger partial charge on any atom is -0.00697 e. The molecule has 4 aromatic rings. The molecule has 0 heterocycles. The highest BCUT2D eigenvalue weighted by atomic mass is 14.1. The van der Waals surface area contributed by atoms with Crippen LogP contribution in [0.4, 0.5) is 0 Å². The van der Waals surface area contributed by atoms with Crippen molar-refractivity contribution in [3.05, 3.63) is 71.8 Å².